The van der Waals surface area contributed by atoms with Crippen molar-refractivity contribution in [2.75, 3.05) is 5.32 Å². The number of thiazole rings is 1. The van der Waals surface area contributed by atoms with Crippen LogP contribution >= 0.6 is 11.3 Å². The van der Waals surface area contributed by atoms with Crippen LogP contribution in [0.1, 0.15) is 5.01 Å². The fourth-order valence-corrected chi connectivity index (χ4v) is 2.96. The topological polar surface area (TPSA) is 91.8 Å². The van der Waals surface area contributed by atoms with Crippen molar-refractivity contribution in [2.24, 2.45) is 0 Å². The molecule has 0 saturated carbocycles. The Labute approximate surface area is 152 Å². The molecule has 3 rings (SSSR count). The van der Waals surface area contributed by atoms with Crippen LogP contribution in [0.3, 0.4) is 0 Å². The molecule has 3 aromatic rings. The van der Waals surface area contributed by atoms with Crippen molar-refractivity contribution < 1.29 is 9.31 Å². The van der Waals surface area contributed by atoms with Gasteiger partial charge >= 0.3 is 0 Å². The smallest absolute Gasteiger partial charge is 0.272 e. The van der Waals surface area contributed by atoms with E-state index in [1.807, 2.05) is 41.8 Å². The van der Waals surface area contributed by atoms with Crippen molar-refractivity contribution >= 4 is 28.3 Å². The fraction of sp³-hybridized carbons (Fsp3) is 0. The number of aromatic nitrogens is 1. The van der Waals surface area contributed by atoms with Crippen LogP contribution in [0, 0.1) is 27.3 Å². The van der Waals surface area contributed by atoms with E-state index in [4.69, 9.17) is 0 Å². The molecule has 0 fully saturated rings. The van der Waals surface area contributed by atoms with Crippen LogP contribution in [-0.4, -0.2) is 9.91 Å². The first-order valence-electron chi connectivity index (χ1n) is 7.40. The van der Waals surface area contributed by atoms with E-state index < -0.39 is 10.7 Å². The van der Waals surface area contributed by atoms with Crippen molar-refractivity contribution in [3.8, 4) is 17.3 Å². The number of non-ortho nitro benzene ring substituents is 1. The van der Waals surface area contributed by atoms with Gasteiger partial charge in [-0.05, 0) is 6.07 Å². The Morgan fingerprint density at radius 1 is 1.31 bits per heavy atom. The maximum atomic E-state index is 13.9. The summed E-state index contributed by atoms with van der Waals surface area (Å²) in [6, 6.07) is 14.8. The summed E-state index contributed by atoms with van der Waals surface area (Å²) in [5.41, 5.74) is 1.60. The molecule has 0 bridgehead atoms. The molecule has 0 aliphatic rings. The number of benzene rings is 2. The molecule has 1 aromatic heterocycles. The first-order chi connectivity index (χ1) is 12.6. The third-order valence-electron chi connectivity index (χ3n) is 3.46. The molecule has 2 aromatic carbocycles. The van der Waals surface area contributed by atoms with Crippen molar-refractivity contribution in [3.05, 3.63) is 81.1 Å². The van der Waals surface area contributed by atoms with Crippen LogP contribution in [-0.2, 0) is 0 Å². The van der Waals surface area contributed by atoms with E-state index in [1.165, 1.54) is 29.7 Å². The molecule has 0 radical (unpaired) electrons. The monoisotopic (exact) mass is 366 g/mol. The number of halogens is 1. The predicted octanol–water partition coefficient (Wildman–Crippen LogP) is 4.83. The summed E-state index contributed by atoms with van der Waals surface area (Å²) in [7, 11) is 0. The second kappa shape index (κ2) is 7.55. The van der Waals surface area contributed by atoms with E-state index in [1.54, 1.807) is 0 Å². The largest absolute Gasteiger partial charge is 0.358 e. The van der Waals surface area contributed by atoms with E-state index in [0.29, 0.717) is 5.01 Å². The maximum Gasteiger partial charge on any atom is 0.272 e. The van der Waals surface area contributed by atoms with Gasteiger partial charge in [0.15, 0.2) is 5.82 Å². The summed E-state index contributed by atoms with van der Waals surface area (Å²) in [5, 5.41) is 25.0. The average molecular weight is 366 g/mol. The molecule has 128 valence electrons. The van der Waals surface area contributed by atoms with Gasteiger partial charge in [-0.1, -0.05) is 30.3 Å². The third kappa shape index (κ3) is 3.74. The van der Waals surface area contributed by atoms with Gasteiger partial charge in [-0.25, -0.2) is 9.37 Å². The highest BCUT2D eigenvalue weighted by Gasteiger charge is 2.12. The Morgan fingerprint density at radius 2 is 2.08 bits per heavy atom. The van der Waals surface area contributed by atoms with Gasteiger partial charge in [-0.15, -0.1) is 11.3 Å². The minimum Gasteiger partial charge on any atom is -0.358 e. The maximum absolute atomic E-state index is 13.9. The summed E-state index contributed by atoms with van der Waals surface area (Å²) in [6.45, 7) is 0. The van der Waals surface area contributed by atoms with E-state index in [2.05, 4.69) is 10.3 Å². The zero-order chi connectivity index (χ0) is 18.5. The highest BCUT2D eigenvalue weighted by Crippen LogP contribution is 2.26. The normalized spacial score (nSPS) is 11.0. The molecule has 0 aliphatic carbocycles. The number of allylic oxidation sites excluding steroid dienone is 1. The number of nitriles is 1. The Morgan fingerprint density at radius 3 is 2.73 bits per heavy atom. The van der Waals surface area contributed by atoms with Crippen LogP contribution < -0.4 is 5.32 Å². The molecule has 1 heterocycles. The van der Waals surface area contributed by atoms with E-state index >= 15 is 0 Å². The Balaban J connectivity index is 1.83. The Hall–Kier alpha value is -3.57. The van der Waals surface area contributed by atoms with Gasteiger partial charge in [0.1, 0.15) is 16.6 Å². The van der Waals surface area contributed by atoms with Gasteiger partial charge in [0.05, 0.1) is 22.4 Å². The lowest BCUT2D eigenvalue weighted by Crippen LogP contribution is -1.96. The van der Waals surface area contributed by atoms with Gasteiger partial charge in [0, 0.05) is 23.2 Å². The molecule has 0 spiro atoms. The lowest BCUT2D eigenvalue weighted by molar-refractivity contribution is -0.385. The molecular weight excluding hydrogens is 355 g/mol. The Bertz CT molecular complexity index is 1030. The van der Waals surface area contributed by atoms with Gasteiger partial charge in [-0.2, -0.15) is 5.26 Å². The molecule has 26 heavy (non-hydrogen) atoms. The van der Waals surface area contributed by atoms with Crippen LogP contribution in [0.4, 0.5) is 15.8 Å². The molecule has 1 N–H and O–H groups in total. The van der Waals surface area contributed by atoms with E-state index in [0.717, 1.165) is 17.3 Å². The summed E-state index contributed by atoms with van der Waals surface area (Å²) < 4.78 is 13.9. The van der Waals surface area contributed by atoms with Crippen LogP contribution in [0.25, 0.3) is 16.8 Å². The van der Waals surface area contributed by atoms with Crippen molar-refractivity contribution in [3.63, 3.8) is 0 Å². The van der Waals surface area contributed by atoms with Crippen molar-refractivity contribution in [1.82, 2.24) is 4.98 Å². The number of hydrogen-bond acceptors (Lipinski definition) is 6. The number of anilines is 1. The van der Waals surface area contributed by atoms with Gasteiger partial charge < -0.3 is 5.32 Å². The predicted molar refractivity (Wildman–Crippen MR) is 97.8 cm³/mol. The van der Waals surface area contributed by atoms with Crippen LogP contribution in [0.5, 0.6) is 0 Å². The number of nitro groups is 1. The lowest BCUT2D eigenvalue weighted by atomic mass is 10.2. The minimum absolute atomic E-state index is 0.0307. The highest BCUT2D eigenvalue weighted by atomic mass is 32.1. The minimum atomic E-state index is -0.781. The standard InChI is InChI=1S/C18H11FN4O2S/c19-15-8-14(23(24)25)6-7-16(15)21-10-13(9-20)18-22-17(11-26-18)12-4-2-1-3-5-12/h1-8,10-11,21H/b13-10-. The number of hydrogen-bond donors (Lipinski definition) is 1. The molecule has 0 saturated heterocycles. The molecule has 0 unspecified atom stereocenters. The van der Waals surface area contributed by atoms with Crippen LogP contribution in [0.2, 0.25) is 0 Å². The van der Waals surface area contributed by atoms with Gasteiger partial charge in [0.2, 0.25) is 0 Å². The second-order valence-corrected chi connectivity index (χ2v) is 6.00. The van der Waals surface area contributed by atoms with Crippen LogP contribution in [0.15, 0.2) is 60.1 Å². The Kier molecular flexibility index (Phi) is 5.01. The zero-order valence-corrected chi connectivity index (χ0v) is 14.0. The molecule has 8 heteroatoms. The fourth-order valence-electron chi connectivity index (χ4n) is 2.17. The zero-order valence-electron chi connectivity index (χ0n) is 13.2. The first-order valence-corrected chi connectivity index (χ1v) is 8.28. The lowest BCUT2D eigenvalue weighted by Gasteiger charge is -2.03. The molecule has 0 atom stereocenters. The SMILES string of the molecule is N#C/C(=C/Nc1ccc([N+](=O)[O-])cc1F)c1nc(-c2ccccc2)cs1. The van der Waals surface area contributed by atoms with Crippen molar-refractivity contribution in [2.45, 2.75) is 0 Å². The second-order valence-electron chi connectivity index (χ2n) is 5.14. The average Bonchev–Trinajstić information content (AvgIpc) is 3.14. The van der Waals surface area contributed by atoms with Gasteiger partial charge in [-0.3, -0.25) is 10.1 Å². The summed E-state index contributed by atoms with van der Waals surface area (Å²) in [5.74, 6) is -0.781. The summed E-state index contributed by atoms with van der Waals surface area (Å²) in [4.78, 5) is 14.4. The molecule has 0 amide bonds. The summed E-state index contributed by atoms with van der Waals surface area (Å²) >= 11 is 1.30. The molecular formula is C18H11FN4O2S. The molecule has 0 aliphatic heterocycles. The van der Waals surface area contributed by atoms with E-state index in [9.17, 15) is 19.8 Å². The number of nitrogens with zero attached hydrogens (tertiary/aromatic N) is 3. The summed E-state index contributed by atoms with van der Waals surface area (Å²) in [6.07, 6.45) is 1.33. The molecule has 6 nitrogen and oxygen atoms in total. The first kappa shape index (κ1) is 17.3. The van der Waals surface area contributed by atoms with Crippen molar-refractivity contribution in [1.29, 1.82) is 5.26 Å². The third-order valence-corrected chi connectivity index (χ3v) is 4.34. The highest BCUT2D eigenvalue weighted by molar-refractivity contribution is 7.11. The van der Waals surface area contributed by atoms with E-state index in [-0.39, 0.29) is 16.9 Å². The number of nitro benzene ring substituents is 1. The number of nitrogens with one attached hydrogen (secondary N) is 1. The quantitative estimate of drug-likeness (QED) is 0.396. The van der Waals surface area contributed by atoms with Gasteiger partial charge in [0.25, 0.3) is 5.69 Å². The number of rotatable bonds is 5.